The topological polar surface area (TPSA) is 58.6 Å². The van der Waals surface area contributed by atoms with Crippen molar-refractivity contribution in [2.24, 2.45) is 0 Å². The van der Waals surface area contributed by atoms with Crippen molar-refractivity contribution in [3.63, 3.8) is 0 Å². The molecule has 2 amide bonds. The summed E-state index contributed by atoms with van der Waals surface area (Å²) in [5, 5.41) is 2.77. The standard InChI is InChI=1S/C23H22N2O3/c1-25(16-22(26)24-20-10-6-3-7-11-20)23(27)19-12-14-21(15-13-19)28-17-18-8-4-2-5-9-18/h2-15H,16-17H2,1H3,(H,24,26). The molecule has 0 aromatic heterocycles. The first-order chi connectivity index (χ1) is 13.6. The van der Waals surface area contributed by atoms with Gasteiger partial charge in [0.05, 0.1) is 6.54 Å². The van der Waals surface area contributed by atoms with Crippen LogP contribution in [-0.4, -0.2) is 30.3 Å². The van der Waals surface area contributed by atoms with Crippen LogP contribution < -0.4 is 10.1 Å². The Morgan fingerprint density at radius 2 is 1.46 bits per heavy atom. The number of nitrogens with zero attached hydrogens (tertiary/aromatic N) is 1. The number of hydrogen-bond acceptors (Lipinski definition) is 3. The van der Waals surface area contributed by atoms with Crippen molar-refractivity contribution in [3.05, 3.63) is 96.1 Å². The lowest BCUT2D eigenvalue weighted by Crippen LogP contribution is -2.34. The fraction of sp³-hybridized carbons (Fsp3) is 0.130. The van der Waals surface area contributed by atoms with Crippen LogP contribution in [0.2, 0.25) is 0 Å². The Bertz CT molecular complexity index is 910. The minimum absolute atomic E-state index is 0.0278. The molecule has 0 spiro atoms. The predicted octanol–water partition coefficient (Wildman–Crippen LogP) is 3.98. The molecular formula is C23H22N2O3. The molecule has 5 nitrogen and oxygen atoms in total. The molecule has 0 saturated heterocycles. The number of likely N-dealkylation sites (N-methyl/N-ethyl adjacent to an activating group) is 1. The maximum absolute atomic E-state index is 12.5. The highest BCUT2D eigenvalue weighted by Gasteiger charge is 2.15. The van der Waals surface area contributed by atoms with Gasteiger partial charge in [0.25, 0.3) is 5.91 Å². The first kappa shape index (κ1) is 19.2. The summed E-state index contributed by atoms with van der Waals surface area (Å²) < 4.78 is 5.73. The van der Waals surface area contributed by atoms with Gasteiger partial charge < -0.3 is 15.0 Å². The van der Waals surface area contributed by atoms with Crippen LogP contribution in [0.4, 0.5) is 5.69 Å². The minimum Gasteiger partial charge on any atom is -0.489 e. The maximum atomic E-state index is 12.5. The number of amides is 2. The van der Waals surface area contributed by atoms with E-state index in [0.717, 1.165) is 5.56 Å². The molecule has 28 heavy (non-hydrogen) atoms. The third kappa shape index (κ3) is 5.45. The second kappa shape index (κ2) is 9.37. The van der Waals surface area contributed by atoms with Crippen LogP contribution in [0, 0.1) is 0 Å². The summed E-state index contributed by atoms with van der Waals surface area (Å²) in [5.41, 5.74) is 2.28. The Hall–Kier alpha value is -3.60. The molecule has 0 heterocycles. The maximum Gasteiger partial charge on any atom is 0.254 e. The SMILES string of the molecule is CN(CC(=O)Nc1ccccc1)C(=O)c1ccc(OCc2ccccc2)cc1. The average molecular weight is 374 g/mol. The molecule has 3 rings (SSSR count). The van der Waals surface area contributed by atoms with Gasteiger partial charge in [-0.3, -0.25) is 9.59 Å². The van der Waals surface area contributed by atoms with E-state index >= 15 is 0 Å². The Morgan fingerprint density at radius 1 is 0.857 bits per heavy atom. The van der Waals surface area contributed by atoms with Crippen LogP contribution in [0.25, 0.3) is 0 Å². The van der Waals surface area contributed by atoms with E-state index in [0.29, 0.717) is 23.6 Å². The van der Waals surface area contributed by atoms with E-state index < -0.39 is 0 Å². The molecule has 0 aliphatic carbocycles. The van der Waals surface area contributed by atoms with Crippen molar-refractivity contribution in [2.75, 3.05) is 18.9 Å². The Morgan fingerprint density at radius 3 is 2.11 bits per heavy atom. The Balaban J connectivity index is 1.52. The van der Waals surface area contributed by atoms with Crippen LogP contribution in [0.1, 0.15) is 15.9 Å². The lowest BCUT2D eigenvalue weighted by Gasteiger charge is -2.17. The highest BCUT2D eigenvalue weighted by atomic mass is 16.5. The van der Waals surface area contributed by atoms with Crippen LogP contribution in [0.5, 0.6) is 5.75 Å². The molecular weight excluding hydrogens is 352 g/mol. The first-order valence-corrected chi connectivity index (χ1v) is 8.99. The monoisotopic (exact) mass is 374 g/mol. The summed E-state index contributed by atoms with van der Waals surface area (Å²) in [5.74, 6) is 0.215. The molecule has 142 valence electrons. The van der Waals surface area contributed by atoms with Crippen LogP contribution >= 0.6 is 0 Å². The number of rotatable bonds is 7. The highest BCUT2D eigenvalue weighted by molar-refractivity contribution is 5.99. The van der Waals surface area contributed by atoms with E-state index in [1.54, 1.807) is 43.4 Å². The third-order valence-corrected chi connectivity index (χ3v) is 4.13. The van der Waals surface area contributed by atoms with Gasteiger partial charge in [0, 0.05) is 18.3 Å². The fourth-order valence-corrected chi connectivity index (χ4v) is 2.66. The van der Waals surface area contributed by atoms with Crippen molar-refractivity contribution in [1.82, 2.24) is 4.90 Å². The Labute approximate surface area is 164 Å². The number of carbonyl (C=O) groups excluding carboxylic acids is 2. The summed E-state index contributed by atoms with van der Waals surface area (Å²) in [6.07, 6.45) is 0. The lowest BCUT2D eigenvalue weighted by atomic mass is 10.2. The zero-order chi connectivity index (χ0) is 19.8. The lowest BCUT2D eigenvalue weighted by molar-refractivity contribution is -0.116. The largest absolute Gasteiger partial charge is 0.489 e. The van der Waals surface area contributed by atoms with Crippen molar-refractivity contribution < 1.29 is 14.3 Å². The molecule has 3 aromatic carbocycles. The van der Waals surface area contributed by atoms with Crippen molar-refractivity contribution in [3.8, 4) is 5.75 Å². The van der Waals surface area contributed by atoms with Gasteiger partial charge in [-0.1, -0.05) is 48.5 Å². The van der Waals surface area contributed by atoms with Crippen molar-refractivity contribution in [2.45, 2.75) is 6.61 Å². The van der Waals surface area contributed by atoms with E-state index in [1.807, 2.05) is 48.5 Å². The summed E-state index contributed by atoms with van der Waals surface area (Å²) >= 11 is 0. The van der Waals surface area contributed by atoms with Gasteiger partial charge in [0.1, 0.15) is 12.4 Å². The van der Waals surface area contributed by atoms with Gasteiger partial charge >= 0.3 is 0 Å². The second-order valence-electron chi connectivity index (χ2n) is 6.37. The normalized spacial score (nSPS) is 10.2. The molecule has 1 N–H and O–H groups in total. The van der Waals surface area contributed by atoms with Gasteiger partial charge in [-0.05, 0) is 42.0 Å². The number of para-hydroxylation sites is 1. The van der Waals surface area contributed by atoms with E-state index in [4.69, 9.17) is 4.74 Å². The number of carbonyl (C=O) groups is 2. The molecule has 0 bridgehead atoms. The van der Waals surface area contributed by atoms with E-state index in [-0.39, 0.29) is 18.4 Å². The average Bonchev–Trinajstić information content (AvgIpc) is 2.73. The van der Waals surface area contributed by atoms with E-state index in [9.17, 15) is 9.59 Å². The highest BCUT2D eigenvalue weighted by Crippen LogP contribution is 2.15. The second-order valence-corrected chi connectivity index (χ2v) is 6.37. The molecule has 0 saturated carbocycles. The van der Waals surface area contributed by atoms with Crippen molar-refractivity contribution >= 4 is 17.5 Å². The molecule has 0 aliphatic rings. The Kier molecular flexibility index (Phi) is 6.41. The summed E-state index contributed by atoms with van der Waals surface area (Å²) in [4.78, 5) is 26.0. The van der Waals surface area contributed by atoms with Gasteiger partial charge in [0.2, 0.25) is 5.91 Å². The molecule has 0 radical (unpaired) electrons. The fourth-order valence-electron chi connectivity index (χ4n) is 2.66. The number of anilines is 1. The molecule has 5 heteroatoms. The number of nitrogens with one attached hydrogen (secondary N) is 1. The van der Waals surface area contributed by atoms with E-state index in [2.05, 4.69) is 5.32 Å². The van der Waals surface area contributed by atoms with Crippen LogP contribution in [0.15, 0.2) is 84.9 Å². The smallest absolute Gasteiger partial charge is 0.254 e. The summed E-state index contributed by atoms with van der Waals surface area (Å²) in [6.45, 7) is 0.438. The molecule has 0 fully saturated rings. The minimum atomic E-state index is -0.245. The van der Waals surface area contributed by atoms with Gasteiger partial charge in [-0.25, -0.2) is 0 Å². The molecule has 3 aromatic rings. The molecule has 0 unspecified atom stereocenters. The first-order valence-electron chi connectivity index (χ1n) is 8.99. The van der Waals surface area contributed by atoms with Crippen molar-refractivity contribution in [1.29, 1.82) is 0 Å². The number of benzene rings is 3. The van der Waals surface area contributed by atoms with Gasteiger partial charge in [-0.15, -0.1) is 0 Å². The molecule has 0 aliphatic heterocycles. The summed E-state index contributed by atoms with van der Waals surface area (Å²) in [7, 11) is 1.60. The summed E-state index contributed by atoms with van der Waals surface area (Å²) in [6, 6.07) is 25.9. The third-order valence-electron chi connectivity index (χ3n) is 4.13. The van der Waals surface area contributed by atoms with Gasteiger partial charge in [-0.2, -0.15) is 0 Å². The van der Waals surface area contributed by atoms with Gasteiger partial charge in [0.15, 0.2) is 0 Å². The van der Waals surface area contributed by atoms with Crippen LogP contribution in [0.3, 0.4) is 0 Å². The van der Waals surface area contributed by atoms with E-state index in [1.165, 1.54) is 4.90 Å². The predicted molar refractivity (Wildman–Crippen MR) is 109 cm³/mol. The zero-order valence-corrected chi connectivity index (χ0v) is 15.7. The number of hydrogen-bond donors (Lipinski definition) is 1. The zero-order valence-electron chi connectivity index (χ0n) is 15.7. The quantitative estimate of drug-likeness (QED) is 0.681. The number of ether oxygens (including phenoxy) is 1. The molecule has 0 atom stereocenters. The van der Waals surface area contributed by atoms with Crippen LogP contribution in [-0.2, 0) is 11.4 Å².